The van der Waals surface area contributed by atoms with Gasteiger partial charge in [0.1, 0.15) is 5.82 Å². The predicted molar refractivity (Wildman–Crippen MR) is 58.8 cm³/mol. The fourth-order valence-electron chi connectivity index (χ4n) is 2.23. The average Bonchev–Trinajstić information content (AvgIpc) is 2.60. The van der Waals surface area contributed by atoms with E-state index >= 15 is 0 Å². The zero-order chi connectivity index (χ0) is 10.8. The van der Waals surface area contributed by atoms with Crippen molar-refractivity contribution in [2.75, 3.05) is 18.1 Å². The minimum Gasteiger partial charge on any atom is -0.394 e. The maximum atomic E-state index is 9.37. The summed E-state index contributed by atoms with van der Waals surface area (Å²) in [6, 6.07) is 0.195. The minimum atomic E-state index is 0.192. The smallest absolute Gasteiger partial charge is 0.150 e. The molecule has 2 heterocycles. The largest absolute Gasteiger partial charge is 0.394 e. The molecule has 15 heavy (non-hydrogen) atoms. The van der Waals surface area contributed by atoms with Crippen molar-refractivity contribution in [3.8, 4) is 0 Å². The Balaban J connectivity index is 2.28. The maximum absolute atomic E-state index is 9.37. The number of anilines is 1. The van der Waals surface area contributed by atoms with Crippen molar-refractivity contribution < 1.29 is 5.11 Å². The van der Waals surface area contributed by atoms with Crippen LogP contribution in [0.4, 0.5) is 5.82 Å². The molecule has 82 valence electrons. The molecule has 4 nitrogen and oxygen atoms in total. The summed E-state index contributed by atoms with van der Waals surface area (Å²) in [5.41, 5.74) is 0.935. The number of rotatable bonds is 2. The van der Waals surface area contributed by atoms with Crippen LogP contribution >= 0.6 is 0 Å². The van der Waals surface area contributed by atoms with Crippen LogP contribution in [0.25, 0.3) is 0 Å². The van der Waals surface area contributed by atoms with Gasteiger partial charge in [0, 0.05) is 18.9 Å². The van der Waals surface area contributed by atoms with Crippen LogP contribution in [0.15, 0.2) is 12.4 Å². The van der Waals surface area contributed by atoms with E-state index in [0.29, 0.717) is 5.92 Å². The highest BCUT2D eigenvalue weighted by molar-refractivity contribution is 5.44. The number of nitrogens with zero attached hydrogens (tertiary/aromatic N) is 3. The molecule has 2 rings (SSSR count). The van der Waals surface area contributed by atoms with Crippen molar-refractivity contribution >= 4 is 5.82 Å². The summed E-state index contributed by atoms with van der Waals surface area (Å²) >= 11 is 0. The van der Waals surface area contributed by atoms with Crippen LogP contribution in [0.1, 0.15) is 19.0 Å². The summed E-state index contributed by atoms with van der Waals surface area (Å²) < 4.78 is 0. The zero-order valence-corrected chi connectivity index (χ0v) is 9.22. The van der Waals surface area contributed by atoms with E-state index in [1.165, 1.54) is 0 Å². The minimum absolute atomic E-state index is 0.192. The van der Waals surface area contributed by atoms with Gasteiger partial charge in [0.05, 0.1) is 18.3 Å². The maximum Gasteiger partial charge on any atom is 0.150 e. The first-order valence-corrected chi connectivity index (χ1v) is 5.39. The molecule has 0 amide bonds. The summed E-state index contributed by atoms with van der Waals surface area (Å²) in [6.07, 6.45) is 4.52. The van der Waals surface area contributed by atoms with E-state index in [9.17, 15) is 5.11 Å². The highest BCUT2D eigenvalue weighted by atomic mass is 16.3. The van der Waals surface area contributed by atoms with E-state index in [-0.39, 0.29) is 12.6 Å². The SMILES string of the molecule is Cc1nccnc1N1CCC(C)C1CO. The second kappa shape index (κ2) is 4.14. The van der Waals surface area contributed by atoms with Crippen LogP contribution in [0.5, 0.6) is 0 Å². The Morgan fingerprint density at radius 3 is 2.87 bits per heavy atom. The molecule has 2 unspecified atom stereocenters. The second-order valence-electron chi connectivity index (χ2n) is 4.17. The Hall–Kier alpha value is -1.16. The highest BCUT2D eigenvalue weighted by Gasteiger charge is 2.32. The molecular weight excluding hydrogens is 190 g/mol. The molecular formula is C11H17N3O. The molecule has 4 heteroatoms. The van der Waals surface area contributed by atoms with Crippen molar-refractivity contribution in [3.05, 3.63) is 18.1 Å². The molecule has 1 aliphatic heterocycles. The number of hydrogen-bond acceptors (Lipinski definition) is 4. The van der Waals surface area contributed by atoms with Crippen molar-refractivity contribution in [2.24, 2.45) is 5.92 Å². The van der Waals surface area contributed by atoms with Gasteiger partial charge < -0.3 is 10.0 Å². The molecule has 2 atom stereocenters. The molecule has 1 fully saturated rings. The number of aryl methyl sites for hydroxylation is 1. The van der Waals surface area contributed by atoms with Crippen LogP contribution in [0, 0.1) is 12.8 Å². The number of aromatic nitrogens is 2. The quantitative estimate of drug-likeness (QED) is 0.785. The summed E-state index contributed by atoms with van der Waals surface area (Å²) in [5, 5.41) is 9.37. The van der Waals surface area contributed by atoms with Crippen LogP contribution in [-0.2, 0) is 0 Å². The summed E-state index contributed by atoms with van der Waals surface area (Å²) in [5.74, 6) is 1.44. The molecule has 1 aliphatic rings. The summed E-state index contributed by atoms with van der Waals surface area (Å²) in [7, 11) is 0. The van der Waals surface area contributed by atoms with E-state index in [1.54, 1.807) is 12.4 Å². The van der Waals surface area contributed by atoms with Crippen molar-refractivity contribution in [2.45, 2.75) is 26.3 Å². The molecule has 1 aromatic rings. The van der Waals surface area contributed by atoms with Crippen LogP contribution in [-0.4, -0.2) is 34.3 Å². The normalized spacial score (nSPS) is 25.9. The first-order chi connectivity index (χ1) is 7.24. The number of aliphatic hydroxyl groups is 1. The Kier molecular flexibility index (Phi) is 2.86. The molecule has 1 saturated heterocycles. The van der Waals surface area contributed by atoms with Gasteiger partial charge in [0.15, 0.2) is 0 Å². The van der Waals surface area contributed by atoms with Crippen LogP contribution < -0.4 is 4.90 Å². The Morgan fingerprint density at radius 1 is 1.47 bits per heavy atom. The lowest BCUT2D eigenvalue weighted by atomic mass is 10.0. The van der Waals surface area contributed by atoms with Gasteiger partial charge in [-0.2, -0.15) is 0 Å². The number of hydrogen-bond donors (Lipinski definition) is 1. The zero-order valence-electron chi connectivity index (χ0n) is 9.22. The standard InChI is InChI=1S/C11H17N3O/c1-8-3-6-14(10(8)7-15)11-9(2)12-4-5-13-11/h4-5,8,10,15H,3,6-7H2,1-2H3. The molecule has 0 spiro atoms. The lowest BCUT2D eigenvalue weighted by Crippen LogP contribution is -2.36. The van der Waals surface area contributed by atoms with Crippen LogP contribution in [0.2, 0.25) is 0 Å². The lowest BCUT2D eigenvalue weighted by molar-refractivity contribution is 0.244. The van der Waals surface area contributed by atoms with Gasteiger partial charge in [-0.15, -0.1) is 0 Å². The predicted octanol–water partition coefficient (Wildman–Crippen LogP) is 0.992. The van der Waals surface area contributed by atoms with E-state index in [1.807, 2.05) is 6.92 Å². The third-order valence-electron chi connectivity index (χ3n) is 3.20. The van der Waals surface area contributed by atoms with E-state index in [4.69, 9.17) is 0 Å². The van der Waals surface area contributed by atoms with Gasteiger partial charge in [0.25, 0.3) is 0 Å². The van der Waals surface area contributed by atoms with Gasteiger partial charge in [-0.1, -0.05) is 6.92 Å². The highest BCUT2D eigenvalue weighted by Crippen LogP contribution is 2.28. The topological polar surface area (TPSA) is 49.2 Å². The second-order valence-corrected chi connectivity index (χ2v) is 4.17. The molecule has 1 aromatic heterocycles. The van der Waals surface area contributed by atoms with E-state index in [0.717, 1.165) is 24.5 Å². The molecule has 0 aromatic carbocycles. The fraction of sp³-hybridized carbons (Fsp3) is 0.636. The summed E-state index contributed by atoms with van der Waals surface area (Å²) in [4.78, 5) is 10.8. The Morgan fingerprint density at radius 2 is 2.20 bits per heavy atom. The third kappa shape index (κ3) is 1.81. The monoisotopic (exact) mass is 207 g/mol. The fourth-order valence-corrected chi connectivity index (χ4v) is 2.23. The van der Waals surface area contributed by atoms with Gasteiger partial charge in [-0.05, 0) is 19.3 Å². The van der Waals surface area contributed by atoms with E-state index in [2.05, 4.69) is 21.8 Å². The molecule has 0 bridgehead atoms. The van der Waals surface area contributed by atoms with Gasteiger partial charge in [0.2, 0.25) is 0 Å². The Bertz CT molecular complexity index is 342. The van der Waals surface area contributed by atoms with E-state index < -0.39 is 0 Å². The first-order valence-electron chi connectivity index (χ1n) is 5.39. The van der Waals surface area contributed by atoms with Crippen LogP contribution in [0.3, 0.4) is 0 Å². The third-order valence-corrected chi connectivity index (χ3v) is 3.20. The summed E-state index contributed by atoms with van der Waals surface area (Å²) in [6.45, 7) is 5.29. The van der Waals surface area contributed by atoms with Crippen molar-refractivity contribution in [3.63, 3.8) is 0 Å². The van der Waals surface area contributed by atoms with Gasteiger partial charge >= 0.3 is 0 Å². The molecule has 0 aliphatic carbocycles. The number of aliphatic hydroxyl groups excluding tert-OH is 1. The molecule has 1 N–H and O–H groups in total. The van der Waals surface area contributed by atoms with Crippen molar-refractivity contribution in [1.29, 1.82) is 0 Å². The first kappa shape index (κ1) is 10.4. The van der Waals surface area contributed by atoms with Gasteiger partial charge in [-0.25, -0.2) is 4.98 Å². The average molecular weight is 207 g/mol. The lowest BCUT2D eigenvalue weighted by Gasteiger charge is -2.26. The van der Waals surface area contributed by atoms with Gasteiger partial charge in [-0.3, -0.25) is 4.98 Å². The van der Waals surface area contributed by atoms with Crippen molar-refractivity contribution in [1.82, 2.24) is 9.97 Å². The Labute approximate surface area is 90.0 Å². The molecule has 0 radical (unpaired) electrons. The molecule has 0 saturated carbocycles.